The molecule has 1 aliphatic heterocycles. The number of hydrogen-bond acceptors (Lipinski definition) is 6. The van der Waals surface area contributed by atoms with Crippen molar-refractivity contribution in [2.45, 2.75) is 38.6 Å². The van der Waals surface area contributed by atoms with Gasteiger partial charge in [-0.05, 0) is 80.6 Å². The summed E-state index contributed by atoms with van der Waals surface area (Å²) in [7, 11) is 1.70. The second kappa shape index (κ2) is 8.34. The third-order valence-electron chi connectivity index (χ3n) is 6.62. The quantitative estimate of drug-likeness (QED) is 0.627. The van der Waals surface area contributed by atoms with Crippen LogP contribution in [-0.4, -0.2) is 42.3 Å². The molecule has 3 aromatic rings. The molecule has 0 unspecified atom stereocenters. The van der Waals surface area contributed by atoms with Crippen LogP contribution in [0.1, 0.15) is 31.4 Å². The van der Waals surface area contributed by atoms with Gasteiger partial charge in [-0.2, -0.15) is 4.98 Å². The molecule has 0 bridgehead atoms. The third kappa shape index (κ3) is 3.97. The van der Waals surface area contributed by atoms with Crippen molar-refractivity contribution in [2.24, 2.45) is 0 Å². The van der Waals surface area contributed by atoms with Crippen molar-refractivity contribution in [3.05, 3.63) is 65.9 Å². The monoisotopic (exact) mass is 429 g/mol. The van der Waals surface area contributed by atoms with Crippen LogP contribution in [-0.2, 0) is 12.8 Å². The molecule has 166 valence electrons. The highest BCUT2D eigenvalue weighted by atomic mass is 16.5. The van der Waals surface area contributed by atoms with E-state index in [-0.39, 0.29) is 5.54 Å². The number of methoxy groups -OCH3 is 1. The SMILES string of the molecule is COc1ccc(N2CCN(c3nccc(Nc4cccc5c4CCC5)n3)CC2(C)C)cc1. The molecule has 1 N–H and O–H groups in total. The fraction of sp³-hybridized carbons (Fsp3) is 0.385. The molecule has 2 aromatic carbocycles. The zero-order chi connectivity index (χ0) is 22.1. The molecule has 0 amide bonds. The first-order valence-corrected chi connectivity index (χ1v) is 11.4. The van der Waals surface area contributed by atoms with Gasteiger partial charge >= 0.3 is 0 Å². The van der Waals surface area contributed by atoms with Crippen LogP contribution >= 0.6 is 0 Å². The smallest absolute Gasteiger partial charge is 0.227 e. The highest BCUT2D eigenvalue weighted by molar-refractivity contribution is 5.64. The summed E-state index contributed by atoms with van der Waals surface area (Å²) in [5.41, 5.74) is 5.22. The summed E-state index contributed by atoms with van der Waals surface area (Å²) in [6.45, 7) is 7.19. The van der Waals surface area contributed by atoms with E-state index in [1.54, 1.807) is 7.11 Å². The minimum atomic E-state index is -0.0557. The predicted molar refractivity (Wildman–Crippen MR) is 130 cm³/mol. The first kappa shape index (κ1) is 20.6. The second-order valence-corrected chi connectivity index (χ2v) is 9.25. The Balaban J connectivity index is 1.32. The molecule has 2 heterocycles. The number of fused-ring (bicyclic) bond motifs is 1. The highest BCUT2D eigenvalue weighted by Crippen LogP contribution is 2.32. The van der Waals surface area contributed by atoms with Crippen LogP contribution < -0.4 is 19.9 Å². The van der Waals surface area contributed by atoms with E-state index in [1.807, 2.05) is 24.4 Å². The predicted octanol–water partition coefficient (Wildman–Crippen LogP) is 4.82. The second-order valence-electron chi connectivity index (χ2n) is 9.25. The lowest BCUT2D eigenvalue weighted by Crippen LogP contribution is -2.60. The van der Waals surface area contributed by atoms with E-state index in [4.69, 9.17) is 9.72 Å². The summed E-state index contributed by atoms with van der Waals surface area (Å²) in [6.07, 6.45) is 5.40. The summed E-state index contributed by atoms with van der Waals surface area (Å²) in [6, 6.07) is 16.8. The van der Waals surface area contributed by atoms with Crippen LogP contribution in [0.15, 0.2) is 54.7 Å². The number of benzene rings is 2. The summed E-state index contributed by atoms with van der Waals surface area (Å²) in [4.78, 5) is 14.2. The number of aryl methyl sites for hydroxylation is 1. The van der Waals surface area contributed by atoms with E-state index in [9.17, 15) is 0 Å². The lowest BCUT2D eigenvalue weighted by atomic mass is 9.98. The third-order valence-corrected chi connectivity index (χ3v) is 6.62. The molecule has 1 saturated heterocycles. The minimum absolute atomic E-state index is 0.0557. The lowest BCUT2D eigenvalue weighted by Gasteiger charge is -2.48. The summed E-state index contributed by atoms with van der Waals surface area (Å²) in [5, 5.41) is 3.55. The lowest BCUT2D eigenvalue weighted by molar-refractivity contribution is 0.408. The molecule has 5 rings (SSSR count). The fourth-order valence-corrected chi connectivity index (χ4v) is 5.01. The number of rotatable bonds is 5. The molecule has 0 saturated carbocycles. The molecule has 1 aliphatic carbocycles. The van der Waals surface area contributed by atoms with Gasteiger partial charge in [0.2, 0.25) is 5.95 Å². The Kier molecular flexibility index (Phi) is 5.37. The van der Waals surface area contributed by atoms with Gasteiger partial charge in [0, 0.05) is 37.2 Å². The Morgan fingerprint density at radius 3 is 2.62 bits per heavy atom. The van der Waals surface area contributed by atoms with Crippen LogP contribution in [0.25, 0.3) is 0 Å². The molecule has 0 radical (unpaired) electrons. The van der Waals surface area contributed by atoms with Crippen LogP contribution in [0, 0.1) is 0 Å². The normalized spacial score (nSPS) is 17.2. The average Bonchev–Trinajstić information content (AvgIpc) is 3.29. The topological polar surface area (TPSA) is 53.5 Å². The highest BCUT2D eigenvalue weighted by Gasteiger charge is 2.35. The molecule has 0 atom stereocenters. The van der Waals surface area contributed by atoms with E-state index in [0.29, 0.717) is 0 Å². The molecular weight excluding hydrogens is 398 g/mol. The van der Waals surface area contributed by atoms with Gasteiger partial charge in [0.05, 0.1) is 12.6 Å². The van der Waals surface area contributed by atoms with Gasteiger partial charge in [-0.25, -0.2) is 4.98 Å². The number of piperazine rings is 1. The average molecular weight is 430 g/mol. The first-order chi connectivity index (χ1) is 15.5. The van der Waals surface area contributed by atoms with Crippen LogP contribution in [0.3, 0.4) is 0 Å². The summed E-state index contributed by atoms with van der Waals surface area (Å²) in [5.74, 6) is 2.52. The number of aromatic nitrogens is 2. The molecule has 1 aromatic heterocycles. The molecule has 2 aliphatic rings. The largest absolute Gasteiger partial charge is 0.497 e. The van der Waals surface area contributed by atoms with Gasteiger partial charge in [0.25, 0.3) is 0 Å². The fourth-order valence-electron chi connectivity index (χ4n) is 5.01. The zero-order valence-electron chi connectivity index (χ0n) is 19.1. The number of nitrogens with zero attached hydrogens (tertiary/aromatic N) is 4. The van der Waals surface area contributed by atoms with Crippen LogP contribution in [0.4, 0.5) is 23.1 Å². The molecule has 1 fully saturated rings. The van der Waals surface area contributed by atoms with Crippen molar-refractivity contribution >= 4 is 23.1 Å². The summed E-state index contributed by atoms with van der Waals surface area (Å²) < 4.78 is 5.31. The van der Waals surface area contributed by atoms with E-state index in [2.05, 4.69) is 64.3 Å². The van der Waals surface area contributed by atoms with Crippen molar-refractivity contribution in [1.29, 1.82) is 0 Å². The first-order valence-electron chi connectivity index (χ1n) is 11.4. The van der Waals surface area contributed by atoms with Crippen LogP contribution in [0.2, 0.25) is 0 Å². The molecule has 32 heavy (non-hydrogen) atoms. The Morgan fingerprint density at radius 1 is 1.00 bits per heavy atom. The number of nitrogens with one attached hydrogen (secondary N) is 1. The maximum absolute atomic E-state index is 5.31. The van der Waals surface area contributed by atoms with Gasteiger partial charge < -0.3 is 19.9 Å². The Labute approximate surface area is 190 Å². The molecule has 0 spiro atoms. The van der Waals surface area contributed by atoms with Crippen molar-refractivity contribution in [3.8, 4) is 5.75 Å². The van der Waals surface area contributed by atoms with E-state index >= 15 is 0 Å². The van der Waals surface area contributed by atoms with Crippen molar-refractivity contribution in [1.82, 2.24) is 9.97 Å². The van der Waals surface area contributed by atoms with E-state index in [1.165, 1.54) is 35.3 Å². The van der Waals surface area contributed by atoms with Crippen molar-refractivity contribution < 1.29 is 4.74 Å². The van der Waals surface area contributed by atoms with Crippen molar-refractivity contribution in [2.75, 3.05) is 41.9 Å². The minimum Gasteiger partial charge on any atom is -0.497 e. The molecule has 6 nitrogen and oxygen atoms in total. The van der Waals surface area contributed by atoms with Crippen LogP contribution in [0.5, 0.6) is 5.75 Å². The zero-order valence-corrected chi connectivity index (χ0v) is 19.1. The molecule has 6 heteroatoms. The van der Waals surface area contributed by atoms with Gasteiger partial charge in [-0.1, -0.05) is 12.1 Å². The number of ether oxygens (including phenoxy) is 1. The Morgan fingerprint density at radius 2 is 1.84 bits per heavy atom. The maximum Gasteiger partial charge on any atom is 0.227 e. The van der Waals surface area contributed by atoms with Gasteiger partial charge in [-0.3, -0.25) is 0 Å². The maximum atomic E-state index is 5.31. The van der Waals surface area contributed by atoms with Gasteiger partial charge in [0.1, 0.15) is 11.6 Å². The van der Waals surface area contributed by atoms with Gasteiger partial charge in [0.15, 0.2) is 0 Å². The summed E-state index contributed by atoms with van der Waals surface area (Å²) >= 11 is 0. The molecular formula is C26H31N5O. The Hall–Kier alpha value is -3.28. The number of anilines is 4. The van der Waals surface area contributed by atoms with Gasteiger partial charge in [-0.15, -0.1) is 0 Å². The van der Waals surface area contributed by atoms with E-state index < -0.39 is 0 Å². The van der Waals surface area contributed by atoms with E-state index in [0.717, 1.165) is 43.6 Å². The Bertz CT molecular complexity index is 1100. The van der Waals surface area contributed by atoms with Crippen molar-refractivity contribution in [3.63, 3.8) is 0 Å². The number of hydrogen-bond donors (Lipinski definition) is 1. The standard InChI is InChI=1S/C26H31N5O/c1-26(2)18-30(16-17-31(26)20-10-12-21(32-3)13-11-20)25-27-15-14-24(29-25)28-23-9-5-7-19-6-4-8-22(19)23/h5,7,9-15H,4,6,8,16-18H2,1-3H3,(H,27,28,29).